The Balaban J connectivity index is 2.30. The van der Waals surface area contributed by atoms with E-state index in [0.29, 0.717) is 18.8 Å². The molecule has 1 aromatic carbocycles. The number of halogens is 1. The highest BCUT2D eigenvalue weighted by Crippen LogP contribution is 2.20. The summed E-state index contributed by atoms with van der Waals surface area (Å²) in [6, 6.07) is 3.36. The minimum absolute atomic E-state index is 0.293. The van der Waals surface area contributed by atoms with Crippen LogP contribution >= 0.6 is 0 Å². The molecule has 0 aromatic heterocycles. The molecule has 1 heterocycles. The second-order valence-electron chi connectivity index (χ2n) is 3.71. The van der Waals surface area contributed by atoms with Gasteiger partial charge in [-0.25, -0.2) is 14.0 Å². The number of hydrogen-bond donors (Lipinski definition) is 2. The first kappa shape index (κ1) is 11.4. The lowest BCUT2D eigenvalue weighted by Gasteiger charge is -2.27. The molecule has 0 atom stereocenters. The summed E-state index contributed by atoms with van der Waals surface area (Å²) < 4.78 is 13.4. The third-order valence-corrected chi connectivity index (χ3v) is 2.57. The first-order valence-electron chi connectivity index (χ1n) is 5.18. The van der Waals surface area contributed by atoms with Gasteiger partial charge in [0.2, 0.25) is 0 Å². The minimum Gasteiger partial charge on any atom is -0.478 e. The zero-order valence-electron chi connectivity index (χ0n) is 8.94. The van der Waals surface area contributed by atoms with Crippen molar-refractivity contribution in [3.8, 4) is 0 Å². The lowest BCUT2D eigenvalue weighted by atomic mass is 10.1. The smallest absolute Gasteiger partial charge is 0.338 e. The van der Waals surface area contributed by atoms with E-state index >= 15 is 0 Å². The summed E-state index contributed by atoms with van der Waals surface area (Å²) in [5.74, 6) is -2.16. The number of benzene rings is 1. The largest absolute Gasteiger partial charge is 0.478 e. The van der Waals surface area contributed by atoms with E-state index < -0.39 is 17.3 Å². The van der Waals surface area contributed by atoms with Gasteiger partial charge in [0.05, 0.1) is 5.56 Å². The highest BCUT2D eigenvalue weighted by Gasteiger charge is 2.21. The molecule has 6 heteroatoms. The lowest BCUT2D eigenvalue weighted by Crippen LogP contribution is -2.46. The van der Waals surface area contributed by atoms with Gasteiger partial charge in [0.25, 0.3) is 0 Å². The van der Waals surface area contributed by atoms with Crippen molar-refractivity contribution in [3.63, 3.8) is 0 Å². The maximum Gasteiger partial charge on any atom is 0.338 e. The lowest BCUT2D eigenvalue weighted by molar-refractivity contribution is 0.0692. The van der Waals surface area contributed by atoms with Crippen LogP contribution in [0.3, 0.4) is 0 Å². The van der Waals surface area contributed by atoms with Crippen LogP contribution in [0.5, 0.6) is 0 Å². The number of carboxylic acid groups (broad SMARTS) is 1. The fourth-order valence-electron chi connectivity index (χ4n) is 1.72. The molecule has 1 aliphatic rings. The molecule has 0 unspecified atom stereocenters. The Bertz CT molecular complexity index is 476. The van der Waals surface area contributed by atoms with E-state index in [-0.39, 0.29) is 6.03 Å². The number of nitrogens with zero attached hydrogens (tertiary/aromatic N) is 1. The van der Waals surface area contributed by atoms with Crippen molar-refractivity contribution in [2.24, 2.45) is 0 Å². The fourth-order valence-corrected chi connectivity index (χ4v) is 1.72. The van der Waals surface area contributed by atoms with Crippen LogP contribution in [0.2, 0.25) is 0 Å². The Labute approximate surface area is 96.8 Å². The van der Waals surface area contributed by atoms with Crippen molar-refractivity contribution in [1.29, 1.82) is 0 Å². The summed E-state index contributed by atoms with van der Waals surface area (Å²) in [5, 5.41) is 11.3. The maximum absolute atomic E-state index is 13.4. The number of carboxylic acids is 1. The molecular formula is C11H11FN2O3. The average molecular weight is 238 g/mol. The van der Waals surface area contributed by atoms with Gasteiger partial charge >= 0.3 is 12.0 Å². The molecule has 0 bridgehead atoms. The molecule has 0 saturated carbocycles. The highest BCUT2D eigenvalue weighted by atomic mass is 19.1. The number of urea groups is 1. The summed E-state index contributed by atoms with van der Waals surface area (Å²) in [6.45, 7) is 1.10. The van der Waals surface area contributed by atoms with Crippen molar-refractivity contribution in [2.45, 2.75) is 6.42 Å². The first-order valence-corrected chi connectivity index (χ1v) is 5.18. The van der Waals surface area contributed by atoms with Gasteiger partial charge < -0.3 is 10.4 Å². The Morgan fingerprint density at radius 2 is 2.24 bits per heavy atom. The molecule has 0 spiro atoms. The highest BCUT2D eigenvalue weighted by molar-refractivity contribution is 5.94. The molecule has 0 radical (unpaired) electrons. The second kappa shape index (κ2) is 4.40. The van der Waals surface area contributed by atoms with Crippen molar-refractivity contribution < 1.29 is 19.1 Å². The van der Waals surface area contributed by atoms with Gasteiger partial charge in [-0.3, -0.25) is 4.90 Å². The van der Waals surface area contributed by atoms with E-state index in [1.807, 2.05) is 0 Å². The van der Waals surface area contributed by atoms with Crippen LogP contribution in [-0.2, 0) is 0 Å². The predicted molar refractivity (Wildman–Crippen MR) is 58.7 cm³/mol. The Kier molecular flexibility index (Phi) is 2.95. The summed E-state index contributed by atoms with van der Waals surface area (Å²) in [4.78, 5) is 23.5. The molecule has 1 aliphatic heterocycles. The number of aromatic carboxylic acids is 1. The Morgan fingerprint density at radius 3 is 2.82 bits per heavy atom. The second-order valence-corrected chi connectivity index (χ2v) is 3.71. The van der Waals surface area contributed by atoms with Gasteiger partial charge in [-0.1, -0.05) is 0 Å². The number of carbonyl (C=O) groups is 2. The summed E-state index contributed by atoms with van der Waals surface area (Å²) in [7, 11) is 0. The first-order chi connectivity index (χ1) is 8.09. The van der Waals surface area contributed by atoms with E-state index in [2.05, 4.69) is 5.32 Å². The van der Waals surface area contributed by atoms with E-state index in [1.165, 1.54) is 11.0 Å². The third kappa shape index (κ3) is 2.20. The molecule has 1 saturated heterocycles. The van der Waals surface area contributed by atoms with Gasteiger partial charge in [0.15, 0.2) is 0 Å². The van der Waals surface area contributed by atoms with Gasteiger partial charge in [-0.05, 0) is 24.6 Å². The zero-order valence-corrected chi connectivity index (χ0v) is 8.94. The predicted octanol–water partition coefficient (Wildman–Crippen LogP) is 1.44. The minimum atomic E-state index is -1.32. The molecule has 2 N–H and O–H groups in total. The monoisotopic (exact) mass is 238 g/mol. The Morgan fingerprint density at radius 1 is 1.47 bits per heavy atom. The van der Waals surface area contributed by atoms with Gasteiger partial charge in [0.1, 0.15) is 5.82 Å². The van der Waals surface area contributed by atoms with Gasteiger partial charge in [-0.2, -0.15) is 0 Å². The molecule has 1 aromatic rings. The normalized spacial score (nSPS) is 15.6. The summed E-state index contributed by atoms with van der Waals surface area (Å²) in [6.07, 6.45) is 0.772. The van der Waals surface area contributed by atoms with Crippen LogP contribution in [-0.4, -0.2) is 30.2 Å². The average Bonchev–Trinajstić information content (AvgIpc) is 2.29. The number of amides is 2. The summed E-state index contributed by atoms with van der Waals surface area (Å²) in [5.41, 5.74) is -0.0316. The number of anilines is 1. The van der Waals surface area contributed by atoms with Crippen molar-refractivity contribution >= 4 is 17.7 Å². The van der Waals surface area contributed by atoms with Crippen LogP contribution in [0.25, 0.3) is 0 Å². The molecule has 0 aliphatic carbocycles. The fraction of sp³-hybridized carbons (Fsp3) is 0.273. The SMILES string of the molecule is O=C(O)c1ccc(N2CCCNC2=O)cc1F. The van der Waals surface area contributed by atoms with Crippen LogP contribution in [0.1, 0.15) is 16.8 Å². The Hall–Kier alpha value is -2.11. The number of nitrogens with one attached hydrogen (secondary N) is 1. The molecule has 17 heavy (non-hydrogen) atoms. The van der Waals surface area contributed by atoms with Crippen LogP contribution in [0.4, 0.5) is 14.9 Å². The maximum atomic E-state index is 13.4. The van der Waals surface area contributed by atoms with E-state index in [9.17, 15) is 14.0 Å². The zero-order chi connectivity index (χ0) is 12.4. The number of rotatable bonds is 2. The van der Waals surface area contributed by atoms with E-state index in [4.69, 9.17) is 5.11 Å². The van der Waals surface area contributed by atoms with E-state index in [0.717, 1.165) is 18.6 Å². The van der Waals surface area contributed by atoms with Gasteiger partial charge in [0, 0.05) is 18.8 Å². The molecule has 2 amide bonds. The van der Waals surface area contributed by atoms with Crippen LogP contribution in [0, 0.1) is 5.82 Å². The molecule has 1 fully saturated rings. The molecular weight excluding hydrogens is 227 g/mol. The van der Waals surface area contributed by atoms with Crippen molar-refractivity contribution in [3.05, 3.63) is 29.6 Å². The standard InChI is InChI=1S/C11H11FN2O3/c12-9-6-7(2-3-8(9)10(15)16)14-5-1-4-13-11(14)17/h2-3,6H,1,4-5H2,(H,13,17)(H,15,16). The van der Waals surface area contributed by atoms with E-state index in [1.54, 1.807) is 0 Å². The topological polar surface area (TPSA) is 69.6 Å². The van der Waals surface area contributed by atoms with Crippen LogP contribution in [0.15, 0.2) is 18.2 Å². The quantitative estimate of drug-likeness (QED) is 0.819. The number of hydrogen-bond acceptors (Lipinski definition) is 2. The molecule has 90 valence electrons. The van der Waals surface area contributed by atoms with Crippen LogP contribution < -0.4 is 10.2 Å². The van der Waals surface area contributed by atoms with Crippen molar-refractivity contribution in [2.75, 3.05) is 18.0 Å². The molecule has 2 rings (SSSR count). The number of carbonyl (C=O) groups excluding carboxylic acids is 1. The summed E-state index contributed by atoms with van der Waals surface area (Å²) >= 11 is 0. The van der Waals surface area contributed by atoms with Gasteiger partial charge in [-0.15, -0.1) is 0 Å². The van der Waals surface area contributed by atoms with Crippen molar-refractivity contribution in [1.82, 2.24) is 5.32 Å². The molecule has 5 nitrogen and oxygen atoms in total. The third-order valence-electron chi connectivity index (χ3n) is 2.57.